The quantitative estimate of drug-likeness (QED) is 0.365. The Morgan fingerprint density at radius 1 is 1.29 bits per heavy atom. The topological polar surface area (TPSA) is 134 Å². The summed E-state index contributed by atoms with van der Waals surface area (Å²) in [5.41, 5.74) is 0.795. The lowest BCUT2D eigenvalue weighted by atomic mass is 10.2. The Hall–Kier alpha value is -3.67. The number of nitrogens with one attached hydrogen (secondary N) is 2. The molecule has 12 heteroatoms. The van der Waals surface area contributed by atoms with Crippen LogP contribution in [0.15, 0.2) is 46.6 Å². The van der Waals surface area contributed by atoms with Crippen LogP contribution in [0.1, 0.15) is 12.5 Å². The molecule has 0 fully saturated rings. The number of rotatable bonds is 7. The van der Waals surface area contributed by atoms with E-state index in [-0.39, 0.29) is 29.2 Å². The van der Waals surface area contributed by atoms with E-state index in [1.165, 1.54) is 29.7 Å². The van der Waals surface area contributed by atoms with E-state index in [0.717, 1.165) is 17.3 Å². The first-order valence-corrected chi connectivity index (χ1v) is 10.1. The number of fused-ring (bicyclic) bond motifs is 2. The molecule has 4 aromatic rings. The summed E-state index contributed by atoms with van der Waals surface area (Å²) >= 11 is 1.08. The number of amides is 1. The van der Waals surface area contributed by atoms with Crippen LogP contribution in [0, 0.1) is 5.82 Å². The second kappa shape index (κ2) is 8.22. The van der Waals surface area contributed by atoms with Crippen molar-refractivity contribution in [2.24, 2.45) is 0 Å². The summed E-state index contributed by atoms with van der Waals surface area (Å²) < 4.78 is 16.3. The third kappa shape index (κ3) is 4.14. The maximum atomic E-state index is 13.3. The van der Waals surface area contributed by atoms with Crippen LogP contribution < -0.4 is 10.9 Å². The van der Waals surface area contributed by atoms with E-state index in [9.17, 15) is 23.9 Å². The average Bonchev–Trinajstić information content (AvgIpc) is 3.32. The number of carboxylic acid groups (broad SMARTS) is 1. The average molecular weight is 444 g/mol. The molecule has 0 unspecified atom stereocenters. The van der Waals surface area contributed by atoms with Gasteiger partial charge in [0.25, 0.3) is 5.56 Å². The number of hydrogen-bond donors (Lipinski definition) is 3. The molecule has 1 atom stereocenters. The number of carbonyl (C=O) groups excluding carboxylic acids is 1. The van der Waals surface area contributed by atoms with Crippen molar-refractivity contribution in [1.29, 1.82) is 0 Å². The Balaban J connectivity index is 1.77. The van der Waals surface area contributed by atoms with Crippen molar-refractivity contribution in [2.45, 2.75) is 24.7 Å². The van der Waals surface area contributed by atoms with Crippen LogP contribution in [-0.4, -0.2) is 52.7 Å². The van der Waals surface area contributed by atoms with Gasteiger partial charge in [-0.1, -0.05) is 23.9 Å². The fourth-order valence-electron chi connectivity index (χ4n) is 3.08. The van der Waals surface area contributed by atoms with Gasteiger partial charge in [-0.25, -0.2) is 14.2 Å². The zero-order valence-corrected chi connectivity index (χ0v) is 17.0. The largest absolute Gasteiger partial charge is 0.480 e. The number of aromatic nitrogens is 5. The Bertz CT molecular complexity index is 1340. The third-order valence-corrected chi connectivity index (χ3v) is 5.58. The third-order valence-electron chi connectivity index (χ3n) is 4.51. The Kier molecular flexibility index (Phi) is 5.46. The molecule has 10 nitrogen and oxygen atoms in total. The maximum Gasteiger partial charge on any atom is 0.327 e. The summed E-state index contributed by atoms with van der Waals surface area (Å²) in [5.74, 6) is -1.72. The lowest BCUT2D eigenvalue weighted by molar-refractivity contribution is -0.140. The van der Waals surface area contributed by atoms with Crippen LogP contribution in [0.5, 0.6) is 0 Å². The molecular formula is C19H17FN6O4S. The molecule has 0 aliphatic heterocycles. The van der Waals surface area contributed by atoms with E-state index in [1.54, 1.807) is 22.9 Å². The maximum absolute atomic E-state index is 13.3. The first-order valence-electron chi connectivity index (χ1n) is 9.16. The minimum Gasteiger partial charge on any atom is -0.480 e. The Labute approximate surface area is 178 Å². The number of benzene rings is 1. The molecule has 1 aromatic carbocycles. The van der Waals surface area contributed by atoms with E-state index < -0.39 is 17.9 Å². The second-order valence-corrected chi connectivity index (χ2v) is 7.74. The number of imidazole rings is 2. The molecule has 160 valence electrons. The molecule has 0 aliphatic rings. The highest BCUT2D eigenvalue weighted by Gasteiger charge is 2.23. The highest BCUT2D eigenvalue weighted by molar-refractivity contribution is 7.99. The molecule has 3 heterocycles. The fourth-order valence-corrected chi connectivity index (χ4v) is 4.08. The number of carboxylic acids is 1. The van der Waals surface area contributed by atoms with Crippen LogP contribution >= 0.6 is 11.8 Å². The summed E-state index contributed by atoms with van der Waals surface area (Å²) in [6.45, 7) is 1.47. The van der Waals surface area contributed by atoms with Crippen molar-refractivity contribution < 1.29 is 19.1 Å². The van der Waals surface area contributed by atoms with Crippen LogP contribution in [0.25, 0.3) is 16.9 Å². The van der Waals surface area contributed by atoms with Gasteiger partial charge >= 0.3 is 5.97 Å². The van der Waals surface area contributed by atoms with Gasteiger partial charge in [-0.2, -0.15) is 4.98 Å². The van der Waals surface area contributed by atoms with Crippen molar-refractivity contribution >= 4 is 40.6 Å². The molecule has 0 bridgehead atoms. The van der Waals surface area contributed by atoms with Crippen molar-refractivity contribution in [3.63, 3.8) is 0 Å². The van der Waals surface area contributed by atoms with Crippen LogP contribution in [-0.2, 0) is 16.1 Å². The van der Waals surface area contributed by atoms with E-state index in [1.807, 2.05) is 0 Å². The van der Waals surface area contributed by atoms with Crippen molar-refractivity contribution in [3.05, 3.63) is 58.4 Å². The molecule has 0 saturated carbocycles. The summed E-state index contributed by atoms with van der Waals surface area (Å²) in [4.78, 5) is 47.3. The van der Waals surface area contributed by atoms with E-state index in [2.05, 4.69) is 20.3 Å². The van der Waals surface area contributed by atoms with Crippen molar-refractivity contribution in [1.82, 2.24) is 29.2 Å². The minimum absolute atomic E-state index is 0.0130. The number of H-pyrrole nitrogens is 1. The predicted molar refractivity (Wildman–Crippen MR) is 111 cm³/mol. The van der Waals surface area contributed by atoms with Gasteiger partial charge in [-0.15, -0.1) is 0 Å². The fraction of sp³-hybridized carbons (Fsp3) is 0.211. The summed E-state index contributed by atoms with van der Waals surface area (Å²) in [6, 6.07) is 4.72. The molecule has 0 radical (unpaired) electrons. The van der Waals surface area contributed by atoms with Gasteiger partial charge in [0, 0.05) is 25.1 Å². The molecule has 0 saturated heterocycles. The molecule has 3 aromatic heterocycles. The van der Waals surface area contributed by atoms with Gasteiger partial charge < -0.3 is 15.4 Å². The molecule has 3 N–H and O–H groups in total. The Morgan fingerprint density at radius 2 is 2.03 bits per heavy atom. The first kappa shape index (κ1) is 20.6. The minimum atomic E-state index is -1.18. The first-order chi connectivity index (χ1) is 14.8. The van der Waals surface area contributed by atoms with Gasteiger partial charge in [0.15, 0.2) is 16.3 Å². The van der Waals surface area contributed by atoms with E-state index in [4.69, 9.17) is 0 Å². The summed E-state index contributed by atoms with van der Waals surface area (Å²) in [5, 5.41) is 12.1. The number of thioether (sulfide) groups is 1. The van der Waals surface area contributed by atoms with Gasteiger partial charge in [-0.3, -0.25) is 18.6 Å². The standard InChI is InChI=1S/C19H17FN6O4S/c1-10(27)22-13(17(29)30)9-31-19-23-14-15(24-18-21-6-7-25(18)16(14)28)26(19)8-11-2-4-12(20)5-3-11/h2-7,13H,8-9H2,1H3,(H,21,24)(H,22,27)(H,29,30)/t13-/m0/s1. The lowest BCUT2D eigenvalue weighted by Crippen LogP contribution is -2.41. The zero-order chi connectivity index (χ0) is 22.1. The smallest absolute Gasteiger partial charge is 0.327 e. The lowest BCUT2D eigenvalue weighted by Gasteiger charge is -2.13. The second-order valence-electron chi connectivity index (χ2n) is 6.75. The summed E-state index contributed by atoms with van der Waals surface area (Å²) in [6.07, 6.45) is 3.11. The molecular weight excluding hydrogens is 427 g/mol. The number of carbonyl (C=O) groups is 2. The van der Waals surface area contributed by atoms with Gasteiger partial charge in [0.05, 0.1) is 6.54 Å². The zero-order valence-electron chi connectivity index (χ0n) is 16.2. The normalized spacial score (nSPS) is 12.3. The number of nitrogens with zero attached hydrogens (tertiary/aromatic N) is 4. The highest BCUT2D eigenvalue weighted by Crippen LogP contribution is 2.24. The monoisotopic (exact) mass is 444 g/mol. The number of aromatic amines is 1. The molecule has 1 amide bonds. The predicted octanol–water partition coefficient (Wildman–Crippen LogP) is 1.24. The van der Waals surface area contributed by atoms with Crippen LogP contribution in [0.2, 0.25) is 0 Å². The summed E-state index contributed by atoms with van der Waals surface area (Å²) in [7, 11) is 0. The van der Waals surface area contributed by atoms with Crippen molar-refractivity contribution in [2.75, 3.05) is 5.75 Å². The molecule has 4 rings (SSSR count). The number of halogens is 1. The number of aliphatic carboxylic acids is 1. The van der Waals surface area contributed by atoms with E-state index >= 15 is 0 Å². The number of hydrogen-bond acceptors (Lipinski definition) is 6. The van der Waals surface area contributed by atoms with Crippen LogP contribution in [0.4, 0.5) is 4.39 Å². The van der Waals surface area contributed by atoms with Crippen molar-refractivity contribution in [3.8, 4) is 0 Å². The van der Waals surface area contributed by atoms with Crippen LogP contribution in [0.3, 0.4) is 0 Å². The molecule has 0 spiro atoms. The Morgan fingerprint density at radius 3 is 2.71 bits per heavy atom. The molecule has 31 heavy (non-hydrogen) atoms. The highest BCUT2D eigenvalue weighted by atomic mass is 32.2. The van der Waals surface area contributed by atoms with Gasteiger partial charge in [0.2, 0.25) is 11.7 Å². The van der Waals surface area contributed by atoms with E-state index in [0.29, 0.717) is 16.6 Å². The SMILES string of the molecule is CC(=O)N[C@@H](CSc1nc2c(=O)n3cc[nH]c3nc2n1Cc1ccc(F)cc1)C(=O)O. The van der Waals surface area contributed by atoms with Gasteiger partial charge in [-0.05, 0) is 17.7 Å². The molecule has 0 aliphatic carbocycles. The van der Waals surface area contributed by atoms with Gasteiger partial charge in [0.1, 0.15) is 11.9 Å².